The molecule has 1 aromatic rings. The molecule has 1 heterocycles. The highest BCUT2D eigenvalue weighted by Crippen LogP contribution is 2.32. The summed E-state index contributed by atoms with van der Waals surface area (Å²) < 4.78 is 0. The van der Waals surface area contributed by atoms with Crippen LogP contribution in [-0.2, 0) is 11.2 Å². The van der Waals surface area contributed by atoms with Crippen LogP contribution in [0.3, 0.4) is 0 Å². The number of alkyl halides is 1. The Morgan fingerprint density at radius 3 is 2.87 bits per heavy atom. The molecule has 4 heteroatoms. The van der Waals surface area contributed by atoms with E-state index in [9.17, 15) is 4.79 Å². The van der Waals surface area contributed by atoms with Crippen molar-refractivity contribution in [2.45, 2.75) is 31.2 Å². The Labute approximate surface area is 98.6 Å². The molecule has 1 N–H and O–H groups in total. The molecule has 0 spiro atoms. The molecule has 0 atom stereocenters. The molecule has 0 radical (unpaired) electrons. The molecular formula is C11H14ClNOS. The van der Waals surface area contributed by atoms with E-state index < -0.39 is 0 Å². The molecular weight excluding hydrogens is 230 g/mol. The first-order valence-corrected chi connectivity index (χ1v) is 6.55. The molecule has 1 aromatic heterocycles. The summed E-state index contributed by atoms with van der Waals surface area (Å²) in [4.78, 5) is 12.8. The van der Waals surface area contributed by atoms with Gasteiger partial charge in [-0.3, -0.25) is 4.79 Å². The minimum absolute atomic E-state index is 0.0952. The van der Waals surface area contributed by atoms with E-state index in [4.69, 9.17) is 11.6 Å². The van der Waals surface area contributed by atoms with Crippen molar-refractivity contribution >= 4 is 28.8 Å². The van der Waals surface area contributed by atoms with Gasteiger partial charge in [-0.25, -0.2) is 0 Å². The summed E-state index contributed by atoms with van der Waals surface area (Å²) in [5.74, 6) is 0.626. The van der Waals surface area contributed by atoms with Gasteiger partial charge in [0.05, 0.1) is 12.0 Å². The molecule has 1 aliphatic rings. The van der Waals surface area contributed by atoms with Gasteiger partial charge >= 0.3 is 0 Å². The third kappa shape index (κ3) is 2.52. The predicted octanol–water partition coefficient (Wildman–Crippen LogP) is 2.57. The molecule has 82 valence electrons. The summed E-state index contributed by atoms with van der Waals surface area (Å²) in [6.45, 7) is 0. The smallest absolute Gasteiger partial charge is 0.225 e. The lowest BCUT2D eigenvalue weighted by Gasteiger charge is -2.41. The van der Waals surface area contributed by atoms with Gasteiger partial charge in [-0.05, 0) is 30.7 Å². The van der Waals surface area contributed by atoms with Crippen molar-refractivity contribution in [1.82, 2.24) is 5.32 Å². The van der Waals surface area contributed by atoms with E-state index in [0.717, 1.165) is 17.7 Å². The number of carbonyl (C=O) groups is 1. The van der Waals surface area contributed by atoms with Crippen molar-refractivity contribution in [3.63, 3.8) is 0 Å². The van der Waals surface area contributed by atoms with Crippen molar-refractivity contribution in [2.75, 3.05) is 5.88 Å². The molecule has 1 aliphatic carbocycles. The van der Waals surface area contributed by atoms with Gasteiger partial charge < -0.3 is 5.32 Å². The summed E-state index contributed by atoms with van der Waals surface area (Å²) in [5.41, 5.74) is -0.101. The molecule has 2 rings (SSSR count). The highest BCUT2D eigenvalue weighted by atomic mass is 35.5. The second kappa shape index (κ2) is 4.54. The minimum atomic E-state index is -0.101. The Kier molecular flexibility index (Phi) is 3.32. The molecule has 1 fully saturated rings. The quantitative estimate of drug-likeness (QED) is 0.810. The molecule has 0 aliphatic heterocycles. The van der Waals surface area contributed by atoms with Gasteiger partial charge in [-0.15, -0.1) is 22.9 Å². The average Bonchev–Trinajstić information content (AvgIpc) is 2.64. The molecule has 0 aromatic carbocycles. The molecule has 0 unspecified atom stereocenters. The lowest BCUT2D eigenvalue weighted by atomic mass is 9.78. The standard InChI is InChI=1S/C11H14ClNOS/c12-8-11(4-2-5-11)13-10(14)7-9-3-1-6-15-9/h1,3,6H,2,4-5,7-8H2,(H,13,14). The van der Waals surface area contributed by atoms with E-state index >= 15 is 0 Å². The first-order valence-electron chi connectivity index (χ1n) is 5.13. The van der Waals surface area contributed by atoms with E-state index in [1.54, 1.807) is 11.3 Å². The Balaban J connectivity index is 1.87. The van der Waals surface area contributed by atoms with Crippen LogP contribution in [-0.4, -0.2) is 17.3 Å². The van der Waals surface area contributed by atoms with Gasteiger partial charge in [0.1, 0.15) is 0 Å². The van der Waals surface area contributed by atoms with Crippen molar-refractivity contribution in [3.05, 3.63) is 22.4 Å². The summed E-state index contributed by atoms with van der Waals surface area (Å²) in [6, 6.07) is 3.95. The van der Waals surface area contributed by atoms with Crippen LogP contribution in [0.2, 0.25) is 0 Å². The van der Waals surface area contributed by atoms with Gasteiger partial charge in [0, 0.05) is 10.8 Å². The zero-order valence-electron chi connectivity index (χ0n) is 8.46. The number of amides is 1. The zero-order chi connectivity index (χ0) is 10.7. The number of thiophene rings is 1. The molecule has 1 saturated carbocycles. The fourth-order valence-corrected chi connectivity index (χ4v) is 2.84. The van der Waals surface area contributed by atoms with Gasteiger partial charge in [-0.1, -0.05) is 6.07 Å². The number of hydrogen-bond donors (Lipinski definition) is 1. The normalized spacial score (nSPS) is 18.2. The largest absolute Gasteiger partial charge is 0.349 e. The highest BCUT2D eigenvalue weighted by Gasteiger charge is 2.37. The number of rotatable bonds is 4. The number of halogens is 1. The lowest BCUT2D eigenvalue weighted by Crippen LogP contribution is -2.55. The fourth-order valence-electron chi connectivity index (χ4n) is 1.81. The third-order valence-corrected chi connectivity index (χ3v) is 4.27. The van der Waals surface area contributed by atoms with E-state index in [-0.39, 0.29) is 11.4 Å². The molecule has 0 bridgehead atoms. The van der Waals surface area contributed by atoms with Crippen LogP contribution in [0.1, 0.15) is 24.1 Å². The monoisotopic (exact) mass is 243 g/mol. The average molecular weight is 244 g/mol. The van der Waals surface area contributed by atoms with Crippen molar-refractivity contribution in [3.8, 4) is 0 Å². The van der Waals surface area contributed by atoms with Crippen LogP contribution < -0.4 is 5.32 Å². The maximum atomic E-state index is 11.7. The molecule has 2 nitrogen and oxygen atoms in total. The molecule has 0 saturated heterocycles. The van der Waals surface area contributed by atoms with Crippen LogP contribution in [0, 0.1) is 0 Å². The Morgan fingerprint density at radius 2 is 2.40 bits per heavy atom. The number of hydrogen-bond acceptors (Lipinski definition) is 2. The van der Waals surface area contributed by atoms with E-state index in [1.165, 1.54) is 6.42 Å². The van der Waals surface area contributed by atoms with Crippen LogP contribution in [0.5, 0.6) is 0 Å². The molecule has 15 heavy (non-hydrogen) atoms. The first-order chi connectivity index (χ1) is 7.24. The maximum absolute atomic E-state index is 11.7. The lowest BCUT2D eigenvalue weighted by molar-refractivity contribution is -0.123. The summed E-state index contributed by atoms with van der Waals surface area (Å²) >= 11 is 7.49. The predicted molar refractivity (Wildman–Crippen MR) is 63.5 cm³/mol. The van der Waals surface area contributed by atoms with Crippen LogP contribution in [0.4, 0.5) is 0 Å². The molecule has 1 amide bonds. The van der Waals surface area contributed by atoms with Gasteiger partial charge in [0.15, 0.2) is 0 Å². The number of carbonyl (C=O) groups excluding carboxylic acids is 1. The van der Waals surface area contributed by atoms with E-state index in [1.807, 2.05) is 17.5 Å². The Hall–Kier alpha value is -0.540. The number of nitrogens with one attached hydrogen (secondary N) is 1. The van der Waals surface area contributed by atoms with E-state index in [2.05, 4.69) is 5.32 Å². The zero-order valence-corrected chi connectivity index (χ0v) is 10.0. The van der Waals surface area contributed by atoms with Gasteiger partial charge in [0.2, 0.25) is 5.91 Å². The van der Waals surface area contributed by atoms with Crippen molar-refractivity contribution in [1.29, 1.82) is 0 Å². The fraction of sp³-hybridized carbons (Fsp3) is 0.545. The van der Waals surface area contributed by atoms with Crippen molar-refractivity contribution in [2.24, 2.45) is 0 Å². The SMILES string of the molecule is O=C(Cc1cccs1)NC1(CCl)CCC1. The second-order valence-corrected chi connectivity index (χ2v) is 5.37. The second-order valence-electron chi connectivity index (χ2n) is 4.07. The maximum Gasteiger partial charge on any atom is 0.225 e. The van der Waals surface area contributed by atoms with Crippen LogP contribution in [0.25, 0.3) is 0 Å². The summed E-state index contributed by atoms with van der Waals surface area (Å²) in [6.07, 6.45) is 3.70. The van der Waals surface area contributed by atoms with Crippen molar-refractivity contribution < 1.29 is 4.79 Å². The van der Waals surface area contributed by atoms with E-state index in [0.29, 0.717) is 12.3 Å². The Morgan fingerprint density at radius 1 is 1.60 bits per heavy atom. The topological polar surface area (TPSA) is 29.1 Å². The van der Waals surface area contributed by atoms with Gasteiger partial charge in [0.25, 0.3) is 0 Å². The summed E-state index contributed by atoms with van der Waals surface area (Å²) in [7, 11) is 0. The minimum Gasteiger partial charge on any atom is -0.349 e. The third-order valence-electron chi connectivity index (χ3n) is 2.89. The Bertz CT molecular complexity index is 327. The first kappa shape index (κ1) is 11.0. The highest BCUT2D eigenvalue weighted by molar-refractivity contribution is 7.10. The van der Waals surface area contributed by atoms with Crippen LogP contribution in [0.15, 0.2) is 17.5 Å². The summed E-state index contributed by atoms with van der Waals surface area (Å²) in [5, 5.41) is 5.04. The van der Waals surface area contributed by atoms with Gasteiger partial charge in [-0.2, -0.15) is 0 Å². The van der Waals surface area contributed by atoms with Crippen LogP contribution >= 0.6 is 22.9 Å².